The number of aromatic nitrogens is 1. The van der Waals surface area contributed by atoms with E-state index >= 15 is 0 Å². The molecule has 1 aromatic rings. The Kier molecular flexibility index (Phi) is 6.18. The fourth-order valence-electron chi connectivity index (χ4n) is 1.40. The summed E-state index contributed by atoms with van der Waals surface area (Å²) in [7, 11) is -3.86. The largest absolute Gasteiger partial charge is 0.244 e. The fourth-order valence-corrected chi connectivity index (χ4v) is 3.14. The van der Waals surface area contributed by atoms with Crippen LogP contribution < -0.4 is 0 Å². The van der Waals surface area contributed by atoms with Gasteiger partial charge in [0.2, 0.25) is 10.0 Å². The molecule has 0 saturated carbocycles. The van der Waals surface area contributed by atoms with Gasteiger partial charge in [-0.3, -0.25) is 0 Å². The minimum Gasteiger partial charge on any atom is -0.242 e. The summed E-state index contributed by atoms with van der Waals surface area (Å²) >= 11 is 11.4. The Hall–Kier alpha value is -1.38. The van der Waals surface area contributed by atoms with E-state index in [0.29, 0.717) is 0 Å². The molecule has 0 fully saturated rings. The molecule has 0 aliphatic rings. The first-order chi connectivity index (χ1) is 9.43. The Labute approximate surface area is 127 Å². The molecule has 0 amide bonds. The summed E-state index contributed by atoms with van der Waals surface area (Å²) in [6.07, 6.45) is 1.15. The monoisotopic (exact) mass is 332 g/mol. The van der Waals surface area contributed by atoms with Crippen molar-refractivity contribution < 1.29 is 8.42 Å². The Morgan fingerprint density at radius 2 is 1.75 bits per heavy atom. The van der Waals surface area contributed by atoms with Crippen LogP contribution in [0.2, 0.25) is 10.2 Å². The molecule has 0 aromatic carbocycles. The zero-order valence-corrected chi connectivity index (χ0v) is 12.6. The Morgan fingerprint density at radius 1 is 1.20 bits per heavy atom. The number of sulfonamides is 1. The summed E-state index contributed by atoms with van der Waals surface area (Å²) in [5.41, 5.74) is 0. The average Bonchev–Trinajstić information content (AvgIpc) is 2.41. The van der Waals surface area contributed by atoms with Crippen molar-refractivity contribution in [3.63, 3.8) is 0 Å². The van der Waals surface area contributed by atoms with Gasteiger partial charge in [0, 0.05) is 32.1 Å². The smallest absolute Gasteiger partial charge is 0.242 e. The van der Waals surface area contributed by atoms with Crippen LogP contribution >= 0.6 is 23.2 Å². The van der Waals surface area contributed by atoms with Crippen LogP contribution in [0.15, 0.2) is 17.2 Å². The number of nitriles is 2. The summed E-state index contributed by atoms with van der Waals surface area (Å²) in [5, 5.41) is 17.2. The number of rotatable bonds is 6. The number of pyridine rings is 1. The van der Waals surface area contributed by atoms with Crippen LogP contribution in [0.3, 0.4) is 0 Å². The topological polar surface area (TPSA) is 97.9 Å². The SMILES string of the molecule is N#CCCN(CCC#N)S(=O)(=O)c1cnc(Cl)c(Cl)c1. The molecule has 0 saturated heterocycles. The molecule has 0 bridgehead atoms. The van der Waals surface area contributed by atoms with Gasteiger partial charge in [0.15, 0.2) is 0 Å². The molecule has 1 aromatic heterocycles. The standard InChI is InChI=1S/C11H10Cl2N4O2S/c12-10-7-9(8-16-11(10)13)20(18,19)17(5-1-3-14)6-2-4-15/h7-8H,1-2,5-6H2. The maximum atomic E-state index is 12.4. The number of nitrogens with zero attached hydrogens (tertiary/aromatic N) is 4. The van der Waals surface area contributed by atoms with E-state index < -0.39 is 10.0 Å². The minimum atomic E-state index is -3.86. The van der Waals surface area contributed by atoms with Crippen LogP contribution in [0, 0.1) is 22.7 Å². The summed E-state index contributed by atoms with van der Waals surface area (Å²) in [6, 6.07) is 4.93. The van der Waals surface area contributed by atoms with E-state index in [1.807, 2.05) is 12.1 Å². The maximum Gasteiger partial charge on any atom is 0.244 e. The molecule has 0 unspecified atom stereocenters. The second-order valence-electron chi connectivity index (χ2n) is 3.66. The highest BCUT2D eigenvalue weighted by Crippen LogP contribution is 2.24. The van der Waals surface area contributed by atoms with Gasteiger partial charge in [-0.1, -0.05) is 23.2 Å². The lowest BCUT2D eigenvalue weighted by Crippen LogP contribution is -2.33. The molecule has 0 aliphatic heterocycles. The highest BCUT2D eigenvalue weighted by atomic mass is 35.5. The second kappa shape index (κ2) is 7.41. The highest BCUT2D eigenvalue weighted by molar-refractivity contribution is 7.89. The first-order valence-electron chi connectivity index (χ1n) is 5.48. The van der Waals surface area contributed by atoms with E-state index in [9.17, 15) is 8.42 Å². The molecule has 1 rings (SSSR count). The van der Waals surface area contributed by atoms with Crippen molar-refractivity contribution in [2.45, 2.75) is 17.7 Å². The third-order valence-corrected chi connectivity index (χ3v) is 4.90. The highest BCUT2D eigenvalue weighted by Gasteiger charge is 2.25. The maximum absolute atomic E-state index is 12.4. The molecule has 0 spiro atoms. The molecule has 0 atom stereocenters. The van der Waals surface area contributed by atoms with Crippen LogP contribution in [0.5, 0.6) is 0 Å². The lowest BCUT2D eigenvalue weighted by atomic mass is 10.4. The Balaban J connectivity index is 3.11. The summed E-state index contributed by atoms with van der Waals surface area (Å²) < 4.78 is 25.8. The van der Waals surface area contributed by atoms with Crippen molar-refractivity contribution in [2.75, 3.05) is 13.1 Å². The summed E-state index contributed by atoms with van der Waals surface area (Å²) in [6.45, 7) is 0.00151. The van der Waals surface area contributed by atoms with E-state index in [1.54, 1.807) is 0 Å². The van der Waals surface area contributed by atoms with Gasteiger partial charge in [-0.15, -0.1) is 0 Å². The van der Waals surface area contributed by atoms with Gasteiger partial charge < -0.3 is 0 Å². The van der Waals surface area contributed by atoms with Crippen LogP contribution in [-0.2, 0) is 10.0 Å². The lowest BCUT2D eigenvalue weighted by molar-refractivity contribution is 0.424. The van der Waals surface area contributed by atoms with Crippen molar-refractivity contribution in [1.29, 1.82) is 10.5 Å². The van der Waals surface area contributed by atoms with Crippen molar-refractivity contribution >= 4 is 33.2 Å². The van der Waals surface area contributed by atoms with Crippen LogP contribution in [0.25, 0.3) is 0 Å². The predicted molar refractivity (Wildman–Crippen MR) is 73.5 cm³/mol. The van der Waals surface area contributed by atoms with Gasteiger partial charge >= 0.3 is 0 Å². The molecular formula is C11H10Cl2N4O2S. The zero-order valence-electron chi connectivity index (χ0n) is 10.3. The van der Waals surface area contributed by atoms with Gasteiger partial charge in [-0.05, 0) is 6.07 Å². The van der Waals surface area contributed by atoms with Gasteiger partial charge in [-0.25, -0.2) is 13.4 Å². The number of halogens is 2. The number of hydrogen-bond acceptors (Lipinski definition) is 5. The van der Waals surface area contributed by atoms with Crippen LogP contribution in [0.4, 0.5) is 0 Å². The minimum absolute atomic E-state index is 0.000753. The molecule has 9 heteroatoms. The fraction of sp³-hybridized carbons (Fsp3) is 0.364. The third-order valence-electron chi connectivity index (χ3n) is 2.35. The predicted octanol–water partition coefficient (Wildman–Crippen LogP) is 2.21. The van der Waals surface area contributed by atoms with E-state index in [1.165, 1.54) is 6.07 Å². The first kappa shape index (κ1) is 16.7. The average molecular weight is 333 g/mol. The van der Waals surface area contributed by atoms with Gasteiger partial charge in [0.25, 0.3) is 0 Å². The van der Waals surface area contributed by atoms with Crippen LogP contribution in [-0.4, -0.2) is 30.8 Å². The van der Waals surface area contributed by atoms with Gasteiger partial charge in [-0.2, -0.15) is 14.8 Å². The van der Waals surface area contributed by atoms with Gasteiger partial charge in [0.1, 0.15) is 10.0 Å². The molecule has 0 radical (unpaired) electrons. The van der Waals surface area contributed by atoms with E-state index in [-0.39, 0.29) is 41.0 Å². The molecule has 1 heterocycles. The molecule has 0 aliphatic carbocycles. The lowest BCUT2D eigenvalue weighted by Gasteiger charge is -2.19. The normalized spacial score (nSPS) is 11.1. The van der Waals surface area contributed by atoms with Crippen molar-refractivity contribution in [2.24, 2.45) is 0 Å². The summed E-state index contributed by atoms with van der Waals surface area (Å²) in [5.74, 6) is 0. The molecule has 0 N–H and O–H groups in total. The van der Waals surface area contributed by atoms with E-state index in [0.717, 1.165) is 10.5 Å². The summed E-state index contributed by atoms with van der Waals surface area (Å²) in [4.78, 5) is 3.56. The first-order valence-corrected chi connectivity index (χ1v) is 7.68. The van der Waals surface area contributed by atoms with E-state index in [4.69, 9.17) is 33.7 Å². The second-order valence-corrected chi connectivity index (χ2v) is 6.37. The zero-order chi connectivity index (χ0) is 15.2. The Bertz CT molecular complexity index is 646. The third kappa shape index (κ3) is 4.06. The van der Waals surface area contributed by atoms with Crippen LogP contribution in [0.1, 0.15) is 12.8 Å². The van der Waals surface area contributed by atoms with Crippen molar-refractivity contribution in [3.05, 3.63) is 22.4 Å². The van der Waals surface area contributed by atoms with Crippen molar-refractivity contribution in [3.8, 4) is 12.1 Å². The molecule has 20 heavy (non-hydrogen) atoms. The molecular weight excluding hydrogens is 323 g/mol. The van der Waals surface area contributed by atoms with E-state index in [2.05, 4.69) is 4.98 Å². The quantitative estimate of drug-likeness (QED) is 0.743. The molecule has 106 valence electrons. The van der Waals surface area contributed by atoms with Crippen molar-refractivity contribution in [1.82, 2.24) is 9.29 Å². The van der Waals surface area contributed by atoms with Gasteiger partial charge in [0.05, 0.1) is 17.2 Å². The molecule has 6 nitrogen and oxygen atoms in total. The number of hydrogen-bond donors (Lipinski definition) is 0. The Morgan fingerprint density at radius 3 is 2.20 bits per heavy atom.